The molecule has 0 spiro atoms. The van der Waals surface area contributed by atoms with E-state index in [1.807, 2.05) is 18.2 Å². The van der Waals surface area contributed by atoms with Crippen LogP contribution in [0.2, 0.25) is 0 Å². The number of hydrogen-bond donors (Lipinski definition) is 1. The molecule has 3 heterocycles. The second-order valence-corrected chi connectivity index (χ2v) is 7.17. The first-order chi connectivity index (χ1) is 15.2. The van der Waals surface area contributed by atoms with Crippen molar-refractivity contribution in [1.29, 1.82) is 0 Å². The highest BCUT2D eigenvalue weighted by molar-refractivity contribution is 5.96. The van der Waals surface area contributed by atoms with Gasteiger partial charge in [-0.25, -0.2) is 9.37 Å². The number of fused-ring (bicyclic) bond motifs is 2. The van der Waals surface area contributed by atoms with Crippen LogP contribution in [0.5, 0.6) is 11.5 Å². The molecule has 7 heteroatoms. The highest BCUT2D eigenvalue weighted by Gasteiger charge is 2.20. The quantitative estimate of drug-likeness (QED) is 0.471. The largest absolute Gasteiger partial charge is 0.454 e. The number of rotatable bonds is 6. The van der Waals surface area contributed by atoms with Gasteiger partial charge in [-0.2, -0.15) is 0 Å². The van der Waals surface area contributed by atoms with Crippen LogP contribution in [0.25, 0.3) is 22.2 Å². The van der Waals surface area contributed by atoms with E-state index < -0.39 is 5.82 Å². The smallest absolute Gasteiger partial charge is 0.231 e. The van der Waals surface area contributed by atoms with E-state index in [1.54, 1.807) is 49.8 Å². The Hall–Kier alpha value is -3.71. The lowest BCUT2D eigenvalue weighted by Crippen LogP contribution is -2.02. The van der Waals surface area contributed by atoms with Crippen molar-refractivity contribution in [3.05, 3.63) is 72.3 Å². The third-order valence-electron chi connectivity index (χ3n) is 5.18. The van der Waals surface area contributed by atoms with E-state index in [0.717, 1.165) is 17.7 Å². The van der Waals surface area contributed by atoms with E-state index in [1.165, 1.54) is 0 Å². The zero-order valence-corrected chi connectivity index (χ0v) is 16.9. The second kappa shape index (κ2) is 8.20. The summed E-state index contributed by atoms with van der Waals surface area (Å²) >= 11 is 0. The first kappa shape index (κ1) is 19.3. The van der Waals surface area contributed by atoms with Gasteiger partial charge < -0.3 is 19.5 Å². The average molecular weight is 417 g/mol. The van der Waals surface area contributed by atoms with E-state index in [9.17, 15) is 0 Å². The van der Waals surface area contributed by atoms with Crippen LogP contribution in [0, 0.1) is 5.82 Å². The van der Waals surface area contributed by atoms with Crippen molar-refractivity contribution in [2.75, 3.05) is 25.8 Å². The van der Waals surface area contributed by atoms with Crippen LogP contribution in [0.3, 0.4) is 0 Å². The molecule has 2 aromatic carbocycles. The fourth-order valence-corrected chi connectivity index (χ4v) is 3.60. The normalized spacial score (nSPS) is 12.3. The maximum Gasteiger partial charge on any atom is 0.231 e. The van der Waals surface area contributed by atoms with E-state index in [0.29, 0.717) is 40.3 Å². The van der Waals surface area contributed by atoms with Crippen molar-refractivity contribution in [3.8, 4) is 22.8 Å². The van der Waals surface area contributed by atoms with Gasteiger partial charge in [0.25, 0.3) is 0 Å². The fourth-order valence-electron chi connectivity index (χ4n) is 3.60. The van der Waals surface area contributed by atoms with Gasteiger partial charge in [0.2, 0.25) is 6.79 Å². The molecule has 2 aromatic heterocycles. The summed E-state index contributed by atoms with van der Waals surface area (Å²) in [5, 5.41) is 3.92. The molecule has 0 saturated carbocycles. The molecular formula is C24H20FN3O3. The summed E-state index contributed by atoms with van der Waals surface area (Å²) in [4.78, 5) is 8.67. The third-order valence-corrected chi connectivity index (χ3v) is 5.18. The van der Waals surface area contributed by atoms with Gasteiger partial charge in [-0.3, -0.25) is 4.98 Å². The molecule has 0 fully saturated rings. The Morgan fingerprint density at radius 1 is 1.03 bits per heavy atom. The third kappa shape index (κ3) is 3.75. The van der Waals surface area contributed by atoms with Crippen molar-refractivity contribution in [3.63, 3.8) is 0 Å². The Morgan fingerprint density at radius 3 is 2.71 bits per heavy atom. The van der Waals surface area contributed by atoms with E-state index in [-0.39, 0.29) is 12.5 Å². The van der Waals surface area contributed by atoms with Crippen LogP contribution in [0.1, 0.15) is 5.56 Å². The predicted molar refractivity (Wildman–Crippen MR) is 116 cm³/mol. The van der Waals surface area contributed by atoms with E-state index in [2.05, 4.69) is 15.3 Å². The van der Waals surface area contributed by atoms with Crippen LogP contribution < -0.4 is 14.8 Å². The summed E-state index contributed by atoms with van der Waals surface area (Å²) in [5.41, 5.74) is 3.69. The molecule has 6 nitrogen and oxygen atoms in total. The van der Waals surface area contributed by atoms with Crippen LogP contribution >= 0.6 is 0 Å². The molecule has 1 N–H and O–H groups in total. The number of methoxy groups -OCH3 is 1. The van der Waals surface area contributed by atoms with Gasteiger partial charge in [0.15, 0.2) is 17.3 Å². The van der Waals surface area contributed by atoms with Gasteiger partial charge in [-0.1, -0.05) is 6.07 Å². The number of halogens is 1. The zero-order chi connectivity index (χ0) is 21.2. The average Bonchev–Trinajstić information content (AvgIpc) is 3.28. The minimum atomic E-state index is -0.438. The lowest BCUT2D eigenvalue weighted by molar-refractivity contribution is 0.174. The van der Waals surface area contributed by atoms with Gasteiger partial charge in [0.1, 0.15) is 5.69 Å². The number of anilines is 2. The Bertz CT molecular complexity index is 1250. The predicted octanol–water partition coefficient (Wildman–Crippen LogP) is 5.10. The van der Waals surface area contributed by atoms with Crippen LogP contribution in [0.15, 0.2) is 60.9 Å². The number of nitrogens with one attached hydrogen (secondary N) is 1. The molecule has 0 aliphatic carbocycles. The number of benzene rings is 2. The highest BCUT2D eigenvalue weighted by Crippen LogP contribution is 2.39. The zero-order valence-electron chi connectivity index (χ0n) is 16.9. The molecule has 1 aliphatic rings. The summed E-state index contributed by atoms with van der Waals surface area (Å²) in [7, 11) is 1.66. The Morgan fingerprint density at radius 2 is 1.87 bits per heavy atom. The van der Waals surface area contributed by atoms with E-state index >= 15 is 4.39 Å². The Balaban J connectivity index is 1.67. The molecule has 31 heavy (non-hydrogen) atoms. The molecular weight excluding hydrogens is 397 g/mol. The molecule has 5 rings (SSSR count). The number of aromatic nitrogens is 2. The van der Waals surface area contributed by atoms with Crippen molar-refractivity contribution in [1.82, 2.24) is 9.97 Å². The highest BCUT2D eigenvalue weighted by atomic mass is 19.1. The van der Waals surface area contributed by atoms with Gasteiger partial charge in [-0.15, -0.1) is 0 Å². The number of nitrogens with zero attached hydrogens (tertiary/aromatic N) is 2. The second-order valence-electron chi connectivity index (χ2n) is 7.17. The lowest BCUT2D eigenvalue weighted by atomic mass is 10.0. The van der Waals surface area contributed by atoms with Crippen molar-refractivity contribution < 1.29 is 18.6 Å². The molecule has 156 valence electrons. The Labute approximate surface area is 178 Å². The summed E-state index contributed by atoms with van der Waals surface area (Å²) in [6, 6.07) is 14.8. The number of hydrogen-bond acceptors (Lipinski definition) is 6. The molecule has 1 aliphatic heterocycles. The minimum Gasteiger partial charge on any atom is -0.454 e. The Kier molecular flexibility index (Phi) is 5.09. The topological polar surface area (TPSA) is 65.5 Å². The van der Waals surface area contributed by atoms with Gasteiger partial charge in [-0.05, 0) is 54.4 Å². The van der Waals surface area contributed by atoms with Crippen LogP contribution in [0.4, 0.5) is 15.8 Å². The minimum absolute atomic E-state index is 0.158. The van der Waals surface area contributed by atoms with Crippen LogP contribution in [-0.2, 0) is 11.2 Å². The first-order valence-corrected chi connectivity index (χ1v) is 9.91. The van der Waals surface area contributed by atoms with Gasteiger partial charge in [0, 0.05) is 36.1 Å². The molecule has 0 atom stereocenters. The molecule has 0 radical (unpaired) electrons. The summed E-state index contributed by atoms with van der Waals surface area (Å²) < 4.78 is 31.9. The van der Waals surface area contributed by atoms with Crippen molar-refractivity contribution in [2.24, 2.45) is 0 Å². The maximum absolute atomic E-state index is 15.9. The van der Waals surface area contributed by atoms with E-state index in [4.69, 9.17) is 14.2 Å². The first-order valence-electron chi connectivity index (χ1n) is 9.91. The SMILES string of the molecule is COCCc1ccc2nc(-c3ccc4c(c3)OCO4)c(F)c(Nc3ccncc3)c2c1. The summed E-state index contributed by atoms with van der Waals surface area (Å²) in [5.74, 6) is 0.785. The standard InChI is InChI=1S/C24H20FN3O3/c1-29-11-8-15-2-4-19-18(12-15)24(27-17-6-9-26-10-7-17)22(25)23(28-19)16-3-5-20-21(13-16)31-14-30-20/h2-7,9-10,12-13H,8,11,14H2,1H3,(H,26,27,28). The maximum atomic E-state index is 15.9. The number of pyridine rings is 2. The fraction of sp³-hybridized carbons (Fsp3) is 0.167. The number of ether oxygens (including phenoxy) is 3. The molecule has 0 unspecified atom stereocenters. The molecule has 0 amide bonds. The van der Waals surface area contributed by atoms with Gasteiger partial charge >= 0.3 is 0 Å². The monoisotopic (exact) mass is 417 g/mol. The van der Waals surface area contributed by atoms with Crippen LogP contribution in [-0.4, -0.2) is 30.5 Å². The molecule has 0 bridgehead atoms. The summed E-state index contributed by atoms with van der Waals surface area (Å²) in [6.07, 6.45) is 4.05. The van der Waals surface area contributed by atoms with Crippen molar-refractivity contribution >= 4 is 22.3 Å². The lowest BCUT2D eigenvalue weighted by Gasteiger charge is -2.15. The van der Waals surface area contributed by atoms with Gasteiger partial charge in [0.05, 0.1) is 17.8 Å². The summed E-state index contributed by atoms with van der Waals surface area (Å²) in [6.45, 7) is 0.745. The molecule has 0 saturated heterocycles. The molecule has 4 aromatic rings. The van der Waals surface area contributed by atoms with Crippen molar-refractivity contribution in [2.45, 2.75) is 6.42 Å².